The number of allylic oxidation sites excluding steroid dienone is 1. The van der Waals surface area contributed by atoms with Crippen LogP contribution >= 0.6 is 0 Å². The van der Waals surface area contributed by atoms with Crippen LogP contribution in [0.5, 0.6) is 0 Å². The summed E-state index contributed by atoms with van der Waals surface area (Å²) in [5.41, 5.74) is 7.51. The summed E-state index contributed by atoms with van der Waals surface area (Å²) in [7, 11) is 0. The molecule has 162 valence electrons. The predicted octanol–water partition coefficient (Wildman–Crippen LogP) is 9.40. The number of anilines is 3. The molecule has 1 nitrogen and oxygen atoms in total. The molecule has 0 bridgehead atoms. The summed E-state index contributed by atoms with van der Waals surface area (Å²) >= 11 is 0. The number of nitrogens with zero attached hydrogens (tertiary/aromatic N) is 1. The van der Waals surface area contributed by atoms with Crippen LogP contribution in [0.15, 0.2) is 78.9 Å². The molecular formula is C30H37N. The minimum absolute atomic E-state index is 1.18. The first-order valence-corrected chi connectivity index (χ1v) is 11.9. The minimum Gasteiger partial charge on any atom is -0.311 e. The van der Waals surface area contributed by atoms with Crippen LogP contribution in [0.25, 0.3) is 6.08 Å². The summed E-state index contributed by atoms with van der Waals surface area (Å²) in [6.07, 6.45) is 13.5. The van der Waals surface area contributed by atoms with Crippen molar-refractivity contribution in [3.63, 3.8) is 0 Å². The number of rotatable bonds is 11. The predicted molar refractivity (Wildman–Crippen MR) is 138 cm³/mol. The molecule has 0 amide bonds. The van der Waals surface area contributed by atoms with Gasteiger partial charge in [-0.15, -0.1) is 0 Å². The molecule has 0 fully saturated rings. The smallest absolute Gasteiger partial charge is 0.0462 e. The van der Waals surface area contributed by atoms with Gasteiger partial charge in [-0.25, -0.2) is 0 Å². The number of aryl methyl sites for hydroxylation is 2. The summed E-state index contributed by atoms with van der Waals surface area (Å²) in [6, 6.07) is 26.7. The van der Waals surface area contributed by atoms with Crippen molar-refractivity contribution < 1.29 is 0 Å². The van der Waals surface area contributed by atoms with E-state index < -0.39 is 0 Å². The first-order chi connectivity index (χ1) is 15.2. The average molecular weight is 412 g/mol. The van der Waals surface area contributed by atoms with Crippen LogP contribution in [0, 0.1) is 6.92 Å². The third-order valence-corrected chi connectivity index (χ3v) is 5.82. The Labute approximate surface area is 189 Å². The van der Waals surface area contributed by atoms with Gasteiger partial charge in [0.25, 0.3) is 0 Å². The molecular weight excluding hydrogens is 374 g/mol. The summed E-state index contributed by atoms with van der Waals surface area (Å²) in [5, 5.41) is 0. The fourth-order valence-electron chi connectivity index (χ4n) is 3.99. The molecule has 0 heterocycles. The first kappa shape index (κ1) is 22.9. The maximum Gasteiger partial charge on any atom is 0.0462 e. The van der Waals surface area contributed by atoms with Gasteiger partial charge in [0.15, 0.2) is 0 Å². The quantitative estimate of drug-likeness (QED) is 0.284. The molecule has 0 saturated carbocycles. The molecule has 0 aliphatic carbocycles. The van der Waals surface area contributed by atoms with Crippen molar-refractivity contribution in [1.82, 2.24) is 0 Å². The van der Waals surface area contributed by atoms with Gasteiger partial charge < -0.3 is 4.90 Å². The van der Waals surface area contributed by atoms with E-state index in [0.717, 1.165) is 0 Å². The molecule has 3 aromatic carbocycles. The van der Waals surface area contributed by atoms with Gasteiger partial charge in [-0.2, -0.15) is 0 Å². The highest BCUT2D eigenvalue weighted by atomic mass is 15.1. The maximum atomic E-state index is 2.34. The second kappa shape index (κ2) is 12.2. The van der Waals surface area contributed by atoms with E-state index in [2.05, 4.69) is 111 Å². The fourth-order valence-corrected chi connectivity index (χ4v) is 3.99. The van der Waals surface area contributed by atoms with Crippen LogP contribution in [0.4, 0.5) is 17.1 Å². The highest BCUT2D eigenvalue weighted by Gasteiger charge is 2.12. The Morgan fingerprint density at radius 2 is 1.16 bits per heavy atom. The van der Waals surface area contributed by atoms with Crippen molar-refractivity contribution in [2.45, 2.75) is 65.7 Å². The zero-order chi connectivity index (χ0) is 21.9. The third kappa shape index (κ3) is 6.85. The highest BCUT2D eigenvalue weighted by molar-refractivity contribution is 5.77. The van der Waals surface area contributed by atoms with Crippen LogP contribution < -0.4 is 4.90 Å². The molecule has 0 N–H and O–H groups in total. The lowest BCUT2D eigenvalue weighted by atomic mass is 10.0. The van der Waals surface area contributed by atoms with E-state index in [1.54, 1.807) is 0 Å². The molecule has 0 spiro atoms. The van der Waals surface area contributed by atoms with Crippen molar-refractivity contribution in [2.75, 3.05) is 4.90 Å². The summed E-state index contributed by atoms with van der Waals surface area (Å²) in [5.74, 6) is 0. The van der Waals surface area contributed by atoms with Crippen LogP contribution in [-0.4, -0.2) is 0 Å². The van der Waals surface area contributed by atoms with Crippen LogP contribution in [0.2, 0.25) is 0 Å². The maximum absolute atomic E-state index is 2.34. The Kier molecular flexibility index (Phi) is 8.97. The van der Waals surface area contributed by atoms with Crippen molar-refractivity contribution in [3.05, 3.63) is 95.6 Å². The summed E-state index contributed by atoms with van der Waals surface area (Å²) in [6.45, 7) is 6.47. The van der Waals surface area contributed by atoms with Gasteiger partial charge in [0.2, 0.25) is 0 Å². The molecule has 0 atom stereocenters. The molecule has 3 aromatic rings. The van der Waals surface area contributed by atoms with Gasteiger partial charge >= 0.3 is 0 Å². The lowest BCUT2D eigenvalue weighted by Gasteiger charge is -2.26. The second-order valence-electron chi connectivity index (χ2n) is 8.45. The van der Waals surface area contributed by atoms with E-state index in [0.29, 0.717) is 0 Å². The van der Waals surface area contributed by atoms with Gasteiger partial charge in [0.1, 0.15) is 0 Å². The number of hydrogen-bond donors (Lipinski definition) is 0. The van der Waals surface area contributed by atoms with Gasteiger partial charge in [0, 0.05) is 17.1 Å². The van der Waals surface area contributed by atoms with E-state index in [4.69, 9.17) is 0 Å². The minimum atomic E-state index is 1.18. The van der Waals surface area contributed by atoms with Crippen LogP contribution in [-0.2, 0) is 6.42 Å². The first-order valence-electron chi connectivity index (χ1n) is 11.9. The lowest BCUT2D eigenvalue weighted by molar-refractivity contribution is 0.607. The van der Waals surface area contributed by atoms with Crippen molar-refractivity contribution in [2.24, 2.45) is 0 Å². The van der Waals surface area contributed by atoms with E-state index in [1.807, 2.05) is 0 Å². The molecule has 0 unspecified atom stereocenters. The number of unbranched alkanes of at least 4 members (excludes halogenated alkanes) is 5. The van der Waals surface area contributed by atoms with Gasteiger partial charge in [-0.3, -0.25) is 0 Å². The van der Waals surface area contributed by atoms with Crippen LogP contribution in [0.3, 0.4) is 0 Å². The molecule has 0 aliphatic rings. The Bertz CT molecular complexity index is 918. The van der Waals surface area contributed by atoms with E-state index in [1.165, 1.54) is 78.7 Å². The SMILES string of the molecule is C/C=C/c1ccc(N(c2ccc(C)cc2)c2ccc(CCCCCCCC)cc2)cc1. The third-order valence-electron chi connectivity index (χ3n) is 5.82. The summed E-state index contributed by atoms with van der Waals surface area (Å²) < 4.78 is 0. The van der Waals surface area contributed by atoms with Gasteiger partial charge in [-0.1, -0.05) is 93.1 Å². The average Bonchev–Trinajstić information content (AvgIpc) is 2.80. The molecule has 0 radical (unpaired) electrons. The van der Waals surface area contributed by atoms with Gasteiger partial charge in [-0.05, 0) is 74.2 Å². The molecule has 1 heteroatoms. The normalized spacial score (nSPS) is 11.2. The van der Waals surface area contributed by atoms with Gasteiger partial charge in [0.05, 0.1) is 0 Å². The monoisotopic (exact) mass is 411 g/mol. The van der Waals surface area contributed by atoms with E-state index in [-0.39, 0.29) is 0 Å². The van der Waals surface area contributed by atoms with Crippen LogP contribution in [0.1, 0.15) is 69.1 Å². The molecule has 0 aliphatic heterocycles. The largest absolute Gasteiger partial charge is 0.311 e. The Balaban J connectivity index is 1.77. The second-order valence-corrected chi connectivity index (χ2v) is 8.45. The Morgan fingerprint density at radius 1 is 0.645 bits per heavy atom. The standard InChI is InChI=1S/C30H37N/c1-4-6-7-8-9-10-12-27-17-23-30(24-18-27)31(28-19-13-25(3)14-20-28)29-21-15-26(11-5-2)16-22-29/h5,11,13-24H,4,6-10,12H2,1-3H3/b11-5+. The summed E-state index contributed by atoms with van der Waals surface area (Å²) in [4.78, 5) is 2.34. The van der Waals surface area contributed by atoms with E-state index >= 15 is 0 Å². The van der Waals surface area contributed by atoms with Crippen molar-refractivity contribution >= 4 is 23.1 Å². The zero-order valence-electron chi connectivity index (χ0n) is 19.5. The lowest BCUT2D eigenvalue weighted by Crippen LogP contribution is -2.10. The molecule has 3 rings (SSSR count). The fraction of sp³-hybridized carbons (Fsp3) is 0.333. The Hall–Kier alpha value is -2.80. The topological polar surface area (TPSA) is 3.24 Å². The number of benzene rings is 3. The zero-order valence-corrected chi connectivity index (χ0v) is 19.5. The van der Waals surface area contributed by atoms with Crippen molar-refractivity contribution in [3.8, 4) is 0 Å². The molecule has 0 aromatic heterocycles. The molecule has 31 heavy (non-hydrogen) atoms. The number of hydrogen-bond acceptors (Lipinski definition) is 1. The van der Waals surface area contributed by atoms with Crippen molar-refractivity contribution in [1.29, 1.82) is 0 Å². The van der Waals surface area contributed by atoms with E-state index in [9.17, 15) is 0 Å². The Morgan fingerprint density at radius 3 is 1.74 bits per heavy atom. The highest BCUT2D eigenvalue weighted by Crippen LogP contribution is 2.35. The molecule has 0 saturated heterocycles.